The third-order valence-electron chi connectivity index (χ3n) is 4.07. The van der Waals surface area contributed by atoms with Gasteiger partial charge >= 0.3 is 0 Å². The van der Waals surface area contributed by atoms with Gasteiger partial charge in [0.2, 0.25) is 15.9 Å². The number of rotatable bonds is 6. The largest absolute Gasteiger partial charge is 0.302 e. The number of nitrogens with one attached hydrogen (secondary N) is 1. The minimum Gasteiger partial charge on any atom is -0.302 e. The monoisotopic (exact) mass is 425 g/mol. The van der Waals surface area contributed by atoms with E-state index in [1.807, 2.05) is 24.3 Å². The highest BCUT2D eigenvalue weighted by atomic mass is 32.2. The van der Waals surface area contributed by atoms with Gasteiger partial charge in [0.1, 0.15) is 0 Å². The van der Waals surface area contributed by atoms with Crippen LogP contribution in [0.4, 0.5) is 5.13 Å². The van der Waals surface area contributed by atoms with Gasteiger partial charge < -0.3 is 5.32 Å². The topological polar surface area (TPSA) is 79.4 Å². The first-order valence-electron chi connectivity index (χ1n) is 8.70. The molecule has 0 aliphatic carbocycles. The van der Waals surface area contributed by atoms with Gasteiger partial charge in [0, 0.05) is 34.5 Å². The Bertz CT molecular complexity index is 921. The fraction of sp³-hybridized carbons (Fsp3) is 0.444. The number of anilines is 1. The van der Waals surface area contributed by atoms with E-state index >= 15 is 0 Å². The molecule has 0 saturated carbocycles. The molecule has 2 heterocycles. The number of hydrogen-bond acceptors (Lipinski definition) is 6. The lowest BCUT2D eigenvalue weighted by Crippen LogP contribution is -2.34. The molecule has 1 N–H and O–H groups in total. The van der Waals surface area contributed by atoms with Crippen LogP contribution in [-0.4, -0.2) is 41.7 Å². The quantitative estimate of drug-likeness (QED) is 0.719. The molecule has 3 rings (SSSR count). The van der Waals surface area contributed by atoms with E-state index in [0.29, 0.717) is 29.9 Å². The Labute approximate surface area is 168 Å². The standard InChI is InChI=1S/C18H23N3O3S3/c1-12(2)25-14-6-4-13(5-7-14)10-17(22)20-18-19-15-8-9-21(27(3,23)24)11-16(15)26-18/h4-7,12H,8-11H2,1-3H3,(H,19,20,22). The summed E-state index contributed by atoms with van der Waals surface area (Å²) in [5.74, 6) is -0.120. The highest BCUT2D eigenvalue weighted by molar-refractivity contribution is 7.99. The molecule has 1 amide bonds. The lowest BCUT2D eigenvalue weighted by molar-refractivity contribution is -0.115. The van der Waals surface area contributed by atoms with Gasteiger partial charge in [0.25, 0.3) is 0 Å². The lowest BCUT2D eigenvalue weighted by Gasteiger charge is -2.23. The zero-order valence-corrected chi connectivity index (χ0v) is 18.0. The lowest BCUT2D eigenvalue weighted by atomic mass is 10.1. The summed E-state index contributed by atoms with van der Waals surface area (Å²) in [5.41, 5.74) is 1.83. The smallest absolute Gasteiger partial charge is 0.230 e. The van der Waals surface area contributed by atoms with Crippen molar-refractivity contribution in [3.8, 4) is 0 Å². The van der Waals surface area contributed by atoms with Gasteiger partial charge in [-0.1, -0.05) is 26.0 Å². The number of amides is 1. The van der Waals surface area contributed by atoms with Crippen molar-refractivity contribution in [2.24, 2.45) is 0 Å². The van der Waals surface area contributed by atoms with E-state index in [2.05, 4.69) is 24.1 Å². The van der Waals surface area contributed by atoms with E-state index in [1.54, 1.807) is 11.8 Å². The molecule has 0 saturated heterocycles. The maximum absolute atomic E-state index is 12.3. The van der Waals surface area contributed by atoms with Gasteiger partial charge in [0.15, 0.2) is 5.13 Å². The average Bonchev–Trinajstić information content (AvgIpc) is 2.96. The molecule has 0 radical (unpaired) electrons. The molecule has 6 nitrogen and oxygen atoms in total. The summed E-state index contributed by atoms with van der Waals surface area (Å²) in [6, 6.07) is 8.02. The number of carbonyl (C=O) groups excluding carboxylic acids is 1. The summed E-state index contributed by atoms with van der Waals surface area (Å²) in [5, 5.41) is 3.90. The minimum absolute atomic E-state index is 0.120. The number of thiazole rings is 1. The number of hydrogen-bond donors (Lipinski definition) is 1. The van der Waals surface area contributed by atoms with Crippen LogP contribution in [0.3, 0.4) is 0 Å². The second-order valence-electron chi connectivity index (χ2n) is 6.77. The molecule has 27 heavy (non-hydrogen) atoms. The van der Waals surface area contributed by atoms with Crippen molar-refractivity contribution in [2.75, 3.05) is 18.1 Å². The highest BCUT2D eigenvalue weighted by Gasteiger charge is 2.26. The Hall–Kier alpha value is -1.42. The molecule has 146 valence electrons. The van der Waals surface area contributed by atoms with Crippen LogP contribution in [0.15, 0.2) is 29.2 Å². The molecule has 2 aromatic rings. The van der Waals surface area contributed by atoms with Crippen molar-refractivity contribution in [2.45, 2.75) is 43.4 Å². The second kappa shape index (κ2) is 8.30. The average molecular weight is 426 g/mol. The first-order valence-corrected chi connectivity index (χ1v) is 12.2. The third-order valence-corrected chi connectivity index (χ3v) is 7.33. The van der Waals surface area contributed by atoms with E-state index < -0.39 is 10.0 Å². The molecule has 0 unspecified atom stereocenters. The van der Waals surface area contributed by atoms with E-state index in [1.165, 1.54) is 26.8 Å². The molecular formula is C18H23N3O3S3. The summed E-state index contributed by atoms with van der Waals surface area (Å²) in [6.07, 6.45) is 2.07. The fourth-order valence-electron chi connectivity index (χ4n) is 2.82. The molecule has 0 fully saturated rings. The molecule has 1 aromatic carbocycles. The number of benzene rings is 1. The van der Waals surface area contributed by atoms with Crippen LogP contribution < -0.4 is 5.32 Å². The van der Waals surface area contributed by atoms with Crippen molar-refractivity contribution in [3.63, 3.8) is 0 Å². The Morgan fingerprint density at radius 3 is 2.67 bits per heavy atom. The number of thioether (sulfide) groups is 1. The summed E-state index contributed by atoms with van der Waals surface area (Å²) >= 11 is 3.14. The number of fused-ring (bicyclic) bond motifs is 1. The SMILES string of the molecule is CC(C)Sc1ccc(CC(=O)Nc2nc3c(s2)CN(S(C)(=O)=O)CC3)cc1. The van der Waals surface area contributed by atoms with Gasteiger partial charge in [-0.25, -0.2) is 13.4 Å². The zero-order valence-electron chi connectivity index (χ0n) is 15.6. The molecular weight excluding hydrogens is 402 g/mol. The summed E-state index contributed by atoms with van der Waals surface area (Å²) in [4.78, 5) is 18.9. The van der Waals surface area contributed by atoms with Gasteiger partial charge in [0.05, 0.1) is 18.4 Å². The maximum atomic E-state index is 12.3. The van der Waals surface area contributed by atoms with E-state index in [9.17, 15) is 13.2 Å². The Balaban J connectivity index is 1.60. The van der Waals surface area contributed by atoms with Crippen molar-refractivity contribution < 1.29 is 13.2 Å². The molecule has 9 heteroatoms. The Morgan fingerprint density at radius 2 is 2.04 bits per heavy atom. The molecule has 1 aromatic heterocycles. The number of aromatic nitrogens is 1. The molecule has 1 aliphatic heterocycles. The Morgan fingerprint density at radius 1 is 1.33 bits per heavy atom. The first-order chi connectivity index (χ1) is 12.7. The number of sulfonamides is 1. The predicted molar refractivity (Wildman–Crippen MR) is 111 cm³/mol. The zero-order chi connectivity index (χ0) is 19.6. The Kier molecular flexibility index (Phi) is 6.25. The third kappa shape index (κ3) is 5.54. The van der Waals surface area contributed by atoms with E-state index in [0.717, 1.165) is 16.1 Å². The van der Waals surface area contributed by atoms with Crippen LogP contribution in [0, 0.1) is 0 Å². The summed E-state index contributed by atoms with van der Waals surface area (Å²) < 4.78 is 24.9. The molecule has 0 atom stereocenters. The summed E-state index contributed by atoms with van der Waals surface area (Å²) in [6.45, 7) is 5.06. The van der Waals surface area contributed by atoms with Crippen LogP contribution in [-0.2, 0) is 34.2 Å². The van der Waals surface area contributed by atoms with Crippen molar-refractivity contribution in [3.05, 3.63) is 40.4 Å². The first kappa shape index (κ1) is 20.3. The van der Waals surface area contributed by atoms with Crippen LogP contribution >= 0.6 is 23.1 Å². The van der Waals surface area contributed by atoms with Crippen LogP contribution in [0.25, 0.3) is 0 Å². The minimum atomic E-state index is -3.21. The van der Waals surface area contributed by atoms with Gasteiger partial charge in [-0.05, 0) is 17.7 Å². The predicted octanol–water partition coefficient (Wildman–Crippen LogP) is 3.14. The van der Waals surface area contributed by atoms with Crippen molar-refractivity contribution in [1.82, 2.24) is 9.29 Å². The van der Waals surface area contributed by atoms with Gasteiger partial charge in [-0.2, -0.15) is 4.31 Å². The number of carbonyl (C=O) groups is 1. The second-order valence-corrected chi connectivity index (χ2v) is 11.5. The summed E-state index contributed by atoms with van der Waals surface area (Å²) in [7, 11) is -3.21. The van der Waals surface area contributed by atoms with Crippen LogP contribution in [0.5, 0.6) is 0 Å². The van der Waals surface area contributed by atoms with Gasteiger partial charge in [-0.3, -0.25) is 4.79 Å². The van der Waals surface area contributed by atoms with Crippen molar-refractivity contribution in [1.29, 1.82) is 0 Å². The molecule has 1 aliphatic rings. The van der Waals surface area contributed by atoms with Crippen molar-refractivity contribution >= 4 is 44.2 Å². The molecule has 0 bridgehead atoms. The maximum Gasteiger partial charge on any atom is 0.230 e. The highest BCUT2D eigenvalue weighted by Crippen LogP contribution is 2.29. The van der Waals surface area contributed by atoms with Crippen LogP contribution in [0.1, 0.15) is 30.0 Å². The normalized spacial score (nSPS) is 15.0. The van der Waals surface area contributed by atoms with E-state index in [-0.39, 0.29) is 12.3 Å². The van der Waals surface area contributed by atoms with E-state index in [4.69, 9.17) is 0 Å². The van der Waals surface area contributed by atoms with Gasteiger partial charge in [-0.15, -0.1) is 23.1 Å². The van der Waals surface area contributed by atoms with Crippen LogP contribution in [0.2, 0.25) is 0 Å². The fourth-order valence-corrected chi connectivity index (χ4v) is 5.56. The molecule has 0 spiro atoms. The number of nitrogens with zero attached hydrogens (tertiary/aromatic N) is 2.